The predicted octanol–water partition coefficient (Wildman–Crippen LogP) is 4.08. The summed E-state index contributed by atoms with van der Waals surface area (Å²) in [4.78, 5) is 7.19. The molecule has 1 aromatic carbocycles. The summed E-state index contributed by atoms with van der Waals surface area (Å²) in [6, 6.07) is 6.27. The van der Waals surface area contributed by atoms with Gasteiger partial charge in [-0.05, 0) is 63.4 Å². The number of aliphatic imine (C=N–C) groups is 1. The van der Waals surface area contributed by atoms with Crippen LogP contribution < -0.4 is 20.1 Å². The molecule has 0 amide bonds. The van der Waals surface area contributed by atoms with Crippen LogP contribution in [0.15, 0.2) is 23.2 Å². The normalized spacial score (nSPS) is 16.4. The molecule has 1 aliphatic carbocycles. The zero-order valence-corrected chi connectivity index (χ0v) is 23.0. The molecule has 32 heavy (non-hydrogen) atoms. The van der Waals surface area contributed by atoms with E-state index in [4.69, 9.17) is 19.2 Å². The van der Waals surface area contributed by atoms with Crippen molar-refractivity contribution >= 4 is 29.9 Å². The van der Waals surface area contributed by atoms with Crippen LogP contribution in [-0.4, -0.2) is 72.5 Å². The van der Waals surface area contributed by atoms with Crippen molar-refractivity contribution in [3.8, 4) is 11.5 Å². The van der Waals surface area contributed by atoms with Crippen LogP contribution in [0.25, 0.3) is 0 Å². The smallest absolute Gasteiger partial charge is 0.191 e. The lowest BCUT2D eigenvalue weighted by atomic mass is 9.83. The van der Waals surface area contributed by atoms with Gasteiger partial charge in [-0.25, -0.2) is 0 Å². The Bertz CT molecular complexity index is 694. The quantitative estimate of drug-likeness (QED) is 0.228. The molecule has 0 radical (unpaired) electrons. The molecule has 2 rings (SSSR count). The molecule has 0 bridgehead atoms. The number of ether oxygens (including phenoxy) is 3. The molecule has 2 N–H and O–H groups in total. The number of halogens is 1. The van der Waals surface area contributed by atoms with Crippen LogP contribution in [0.5, 0.6) is 11.5 Å². The number of likely N-dealkylation sites (N-methyl/N-ethyl adjacent to an activating group) is 1. The minimum absolute atomic E-state index is 0. The molecule has 1 aliphatic rings. The highest BCUT2D eigenvalue weighted by atomic mass is 127. The number of nitrogens with zero attached hydrogens (tertiary/aromatic N) is 2. The van der Waals surface area contributed by atoms with E-state index in [2.05, 4.69) is 42.6 Å². The molecule has 0 aromatic heterocycles. The summed E-state index contributed by atoms with van der Waals surface area (Å²) in [5.74, 6) is 2.36. The predicted molar refractivity (Wildman–Crippen MR) is 143 cm³/mol. The Hall–Kier alpha value is -1.26. The van der Waals surface area contributed by atoms with Gasteiger partial charge in [0.2, 0.25) is 0 Å². The first-order valence-corrected chi connectivity index (χ1v) is 11.4. The van der Waals surface area contributed by atoms with Crippen LogP contribution in [0.1, 0.15) is 50.6 Å². The second kappa shape index (κ2) is 14.8. The van der Waals surface area contributed by atoms with Crippen molar-refractivity contribution in [3.05, 3.63) is 23.8 Å². The minimum atomic E-state index is 0. The molecule has 0 heterocycles. The van der Waals surface area contributed by atoms with Gasteiger partial charge in [-0.3, -0.25) is 4.99 Å². The topological polar surface area (TPSA) is 67.4 Å². The minimum Gasteiger partial charge on any atom is -0.493 e. The average Bonchev–Trinajstić information content (AvgIpc) is 3.24. The first kappa shape index (κ1) is 28.8. The number of nitrogens with one attached hydrogen (secondary N) is 2. The zero-order chi connectivity index (χ0) is 22.7. The largest absolute Gasteiger partial charge is 0.493 e. The molecular weight excluding hydrogens is 519 g/mol. The van der Waals surface area contributed by atoms with Gasteiger partial charge in [0.15, 0.2) is 17.5 Å². The molecule has 8 heteroatoms. The average molecular weight is 563 g/mol. The maximum atomic E-state index is 5.50. The van der Waals surface area contributed by atoms with Crippen molar-refractivity contribution in [3.63, 3.8) is 0 Å². The molecule has 1 atom stereocenters. The number of hydrogen-bond acceptors (Lipinski definition) is 5. The fraction of sp³-hybridized carbons (Fsp3) is 0.708. The Morgan fingerprint density at radius 1 is 1.09 bits per heavy atom. The summed E-state index contributed by atoms with van der Waals surface area (Å²) in [6.45, 7) is 5.32. The molecule has 184 valence electrons. The van der Waals surface area contributed by atoms with E-state index in [1.807, 2.05) is 12.1 Å². The summed E-state index contributed by atoms with van der Waals surface area (Å²) in [5, 5.41) is 6.97. The van der Waals surface area contributed by atoms with Gasteiger partial charge >= 0.3 is 0 Å². The van der Waals surface area contributed by atoms with Crippen molar-refractivity contribution in [1.29, 1.82) is 0 Å². The van der Waals surface area contributed by atoms with E-state index >= 15 is 0 Å². The van der Waals surface area contributed by atoms with Crippen LogP contribution in [0.2, 0.25) is 0 Å². The number of rotatable bonds is 12. The number of methoxy groups -OCH3 is 3. The Morgan fingerprint density at radius 2 is 1.78 bits per heavy atom. The third-order valence-electron chi connectivity index (χ3n) is 6.30. The molecule has 0 spiro atoms. The van der Waals surface area contributed by atoms with Gasteiger partial charge in [0.25, 0.3) is 0 Å². The summed E-state index contributed by atoms with van der Waals surface area (Å²) in [5.41, 5.74) is 1.45. The monoisotopic (exact) mass is 562 g/mol. The highest BCUT2D eigenvalue weighted by Gasteiger charge is 2.33. The van der Waals surface area contributed by atoms with E-state index in [-0.39, 0.29) is 35.4 Å². The highest BCUT2D eigenvalue weighted by Crippen LogP contribution is 2.41. The number of benzene rings is 1. The van der Waals surface area contributed by atoms with Gasteiger partial charge in [0.05, 0.1) is 20.3 Å². The lowest BCUT2D eigenvalue weighted by Crippen LogP contribution is -2.42. The van der Waals surface area contributed by atoms with E-state index < -0.39 is 0 Å². The number of hydrogen-bond donors (Lipinski definition) is 2. The van der Waals surface area contributed by atoms with Crippen LogP contribution in [0.3, 0.4) is 0 Å². The van der Waals surface area contributed by atoms with E-state index in [1.165, 1.54) is 31.2 Å². The van der Waals surface area contributed by atoms with Gasteiger partial charge in [0, 0.05) is 33.4 Å². The Kier molecular flexibility index (Phi) is 13.3. The van der Waals surface area contributed by atoms with Crippen molar-refractivity contribution in [2.45, 2.75) is 45.1 Å². The molecule has 1 saturated carbocycles. The third-order valence-corrected chi connectivity index (χ3v) is 6.30. The van der Waals surface area contributed by atoms with Gasteiger partial charge in [0.1, 0.15) is 0 Å². The Morgan fingerprint density at radius 3 is 2.34 bits per heavy atom. The van der Waals surface area contributed by atoms with Crippen molar-refractivity contribution in [2.24, 2.45) is 10.4 Å². The maximum Gasteiger partial charge on any atom is 0.191 e. The highest BCUT2D eigenvalue weighted by molar-refractivity contribution is 14.0. The molecule has 1 aromatic rings. The lowest BCUT2D eigenvalue weighted by Gasteiger charge is -2.28. The number of guanidine groups is 1. The van der Waals surface area contributed by atoms with Crippen molar-refractivity contribution < 1.29 is 14.2 Å². The van der Waals surface area contributed by atoms with Gasteiger partial charge in [-0.1, -0.05) is 18.9 Å². The SMILES string of the molecule is CCNC(=NCC1(CCOC)CCCC1)NCC(c1ccc(OC)c(OC)c1)N(C)C.I. The first-order valence-electron chi connectivity index (χ1n) is 11.4. The van der Waals surface area contributed by atoms with Crippen LogP contribution in [0, 0.1) is 5.41 Å². The molecular formula is C24H43IN4O3. The summed E-state index contributed by atoms with van der Waals surface area (Å²) in [7, 11) is 9.29. The van der Waals surface area contributed by atoms with E-state index in [0.29, 0.717) is 0 Å². The first-order chi connectivity index (χ1) is 15.0. The molecule has 7 nitrogen and oxygen atoms in total. The maximum absolute atomic E-state index is 5.50. The summed E-state index contributed by atoms with van der Waals surface area (Å²) in [6.07, 6.45) is 6.16. The third kappa shape index (κ3) is 8.26. The van der Waals surface area contributed by atoms with Gasteiger partial charge in [-0.2, -0.15) is 0 Å². The lowest BCUT2D eigenvalue weighted by molar-refractivity contribution is 0.141. The van der Waals surface area contributed by atoms with Gasteiger partial charge < -0.3 is 29.7 Å². The van der Waals surface area contributed by atoms with Crippen LogP contribution in [-0.2, 0) is 4.74 Å². The Labute approximate surface area is 211 Å². The Balaban J connectivity index is 0.00000512. The van der Waals surface area contributed by atoms with E-state index in [9.17, 15) is 0 Å². The summed E-state index contributed by atoms with van der Waals surface area (Å²) >= 11 is 0. The van der Waals surface area contributed by atoms with Crippen molar-refractivity contribution in [1.82, 2.24) is 15.5 Å². The molecule has 1 fully saturated rings. The van der Waals surface area contributed by atoms with Crippen molar-refractivity contribution in [2.75, 3.05) is 61.7 Å². The summed E-state index contributed by atoms with van der Waals surface area (Å²) < 4.78 is 16.3. The van der Waals surface area contributed by atoms with E-state index in [0.717, 1.165) is 50.1 Å². The second-order valence-electron chi connectivity index (χ2n) is 8.62. The van der Waals surface area contributed by atoms with Gasteiger partial charge in [-0.15, -0.1) is 24.0 Å². The fourth-order valence-corrected chi connectivity index (χ4v) is 4.37. The molecule has 1 unspecified atom stereocenters. The molecule has 0 aliphatic heterocycles. The standard InChI is InChI=1S/C24H42N4O3.HI/c1-7-25-23(27-18-24(14-15-29-4)12-8-9-13-24)26-17-20(28(2)3)19-10-11-21(30-5)22(16-19)31-6;/h10-11,16,20H,7-9,12-15,17-18H2,1-6H3,(H2,25,26,27);1H. The van der Waals surface area contributed by atoms with Crippen LogP contribution in [0.4, 0.5) is 0 Å². The second-order valence-corrected chi connectivity index (χ2v) is 8.62. The fourth-order valence-electron chi connectivity index (χ4n) is 4.37. The zero-order valence-electron chi connectivity index (χ0n) is 20.7. The van der Waals surface area contributed by atoms with E-state index in [1.54, 1.807) is 21.3 Å². The van der Waals surface area contributed by atoms with Crippen LogP contribution >= 0.6 is 24.0 Å². The molecule has 0 saturated heterocycles.